The molecule has 1 atom stereocenters. The molecule has 0 saturated heterocycles. The quantitative estimate of drug-likeness (QED) is 0.648. The van der Waals surface area contributed by atoms with Crippen LogP contribution in [0.2, 0.25) is 0 Å². The van der Waals surface area contributed by atoms with Gasteiger partial charge in [-0.25, -0.2) is 0 Å². The normalized spacial score (nSPS) is 14.0. The van der Waals surface area contributed by atoms with Crippen LogP contribution in [0.1, 0.15) is 53.9 Å². The Labute approximate surface area is 82.9 Å². The molecule has 0 amide bonds. The molecule has 0 saturated carbocycles. The van der Waals surface area contributed by atoms with E-state index < -0.39 is 0 Å². The van der Waals surface area contributed by atoms with Gasteiger partial charge in [0.2, 0.25) is 0 Å². The highest BCUT2D eigenvalue weighted by Crippen LogP contribution is 2.28. The maximum Gasteiger partial charge on any atom is 0.0588 e. The van der Waals surface area contributed by atoms with Crippen LogP contribution in [0.25, 0.3) is 0 Å². The van der Waals surface area contributed by atoms with Gasteiger partial charge in [-0.05, 0) is 38.5 Å². The lowest BCUT2D eigenvalue weighted by Gasteiger charge is -2.29. The van der Waals surface area contributed by atoms with E-state index in [4.69, 9.17) is 0 Å². The molecule has 0 aliphatic heterocycles. The summed E-state index contributed by atoms with van der Waals surface area (Å²) >= 11 is 0. The summed E-state index contributed by atoms with van der Waals surface area (Å²) in [5, 5.41) is 9.73. The van der Waals surface area contributed by atoms with E-state index in [1.807, 2.05) is 6.92 Å². The SMILES string of the molecule is CC[C@@H](O)C(C)(C)CCC=C(C)C. The molecule has 0 aromatic rings. The summed E-state index contributed by atoms with van der Waals surface area (Å²) in [6.07, 6.45) is 5.06. The van der Waals surface area contributed by atoms with Crippen LogP contribution in [-0.2, 0) is 0 Å². The van der Waals surface area contributed by atoms with Gasteiger partial charge in [-0.15, -0.1) is 0 Å². The zero-order valence-electron chi connectivity index (χ0n) is 9.72. The Morgan fingerprint density at radius 3 is 2.31 bits per heavy atom. The van der Waals surface area contributed by atoms with Crippen molar-refractivity contribution >= 4 is 0 Å². The van der Waals surface area contributed by atoms with Gasteiger partial charge in [0.25, 0.3) is 0 Å². The van der Waals surface area contributed by atoms with Gasteiger partial charge in [-0.2, -0.15) is 0 Å². The smallest absolute Gasteiger partial charge is 0.0588 e. The first kappa shape index (κ1) is 12.7. The third kappa shape index (κ3) is 5.09. The van der Waals surface area contributed by atoms with E-state index in [1.165, 1.54) is 5.57 Å². The van der Waals surface area contributed by atoms with Crippen molar-refractivity contribution < 1.29 is 5.11 Å². The van der Waals surface area contributed by atoms with Crippen LogP contribution in [0.3, 0.4) is 0 Å². The Bertz CT molecular complexity index is 164. The van der Waals surface area contributed by atoms with Crippen molar-refractivity contribution in [1.82, 2.24) is 0 Å². The third-order valence-electron chi connectivity index (χ3n) is 2.63. The van der Waals surface area contributed by atoms with Crippen LogP contribution in [-0.4, -0.2) is 11.2 Å². The standard InChI is InChI=1S/C12H24O/c1-6-11(13)12(4,5)9-7-8-10(2)3/h8,11,13H,6-7,9H2,1-5H3/t11-/m1/s1. The van der Waals surface area contributed by atoms with Gasteiger partial charge in [0.15, 0.2) is 0 Å². The lowest BCUT2D eigenvalue weighted by atomic mass is 9.81. The summed E-state index contributed by atoms with van der Waals surface area (Å²) in [6.45, 7) is 10.5. The summed E-state index contributed by atoms with van der Waals surface area (Å²) in [7, 11) is 0. The monoisotopic (exact) mass is 184 g/mol. The molecule has 78 valence electrons. The van der Waals surface area contributed by atoms with E-state index in [0.29, 0.717) is 0 Å². The second kappa shape index (κ2) is 5.43. The lowest BCUT2D eigenvalue weighted by Crippen LogP contribution is -2.28. The largest absolute Gasteiger partial charge is 0.393 e. The van der Waals surface area contributed by atoms with Crippen molar-refractivity contribution in [3.63, 3.8) is 0 Å². The molecule has 13 heavy (non-hydrogen) atoms. The number of allylic oxidation sites excluding steroid dienone is 2. The number of hydrogen-bond donors (Lipinski definition) is 1. The highest BCUT2D eigenvalue weighted by molar-refractivity contribution is 4.94. The molecular formula is C12H24O. The van der Waals surface area contributed by atoms with Crippen molar-refractivity contribution in [1.29, 1.82) is 0 Å². The fourth-order valence-corrected chi connectivity index (χ4v) is 1.45. The van der Waals surface area contributed by atoms with Gasteiger partial charge in [0.05, 0.1) is 6.10 Å². The molecule has 0 fully saturated rings. The lowest BCUT2D eigenvalue weighted by molar-refractivity contribution is 0.0418. The maximum atomic E-state index is 9.73. The highest BCUT2D eigenvalue weighted by atomic mass is 16.3. The summed E-state index contributed by atoms with van der Waals surface area (Å²) in [5.41, 5.74) is 1.42. The van der Waals surface area contributed by atoms with Gasteiger partial charge in [0, 0.05) is 0 Å². The van der Waals surface area contributed by atoms with Crippen molar-refractivity contribution in [2.24, 2.45) is 5.41 Å². The minimum absolute atomic E-state index is 0.0563. The molecule has 1 N–H and O–H groups in total. The molecule has 1 heteroatoms. The number of hydrogen-bond acceptors (Lipinski definition) is 1. The van der Waals surface area contributed by atoms with Crippen LogP contribution < -0.4 is 0 Å². The van der Waals surface area contributed by atoms with E-state index >= 15 is 0 Å². The molecule has 1 nitrogen and oxygen atoms in total. The van der Waals surface area contributed by atoms with Gasteiger partial charge in [-0.1, -0.05) is 32.4 Å². The van der Waals surface area contributed by atoms with Gasteiger partial charge < -0.3 is 5.11 Å². The van der Waals surface area contributed by atoms with E-state index in [9.17, 15) is 5.11 Å². The van der Waals surface area contributed by atoms with E-state index in [-0.39, 0.29) is 11.5 Å². The number of aliphatic hydroxyl groups is 1. The molecule has 0 rings (SSSR count). The molecule has 0 spiro atoms. The predicted molar refractivity (Wildman–Crippen MR) is 58.7 cm³/mol. The Kier molecular flexibility index (Phi) is 5.31. The van der Waals surface area contributed by atoms with Crippen molar-refractivity contribution in [2.45, 2.75) is 60.0 Å². The Morgan fingerprint density at radius 2 is 1.92 bits per heavy atom. The topological polar surface area (TPSA) is 20.2 Å². The summed E-state index contributed by atoms with van der Waals surface area (Å²) in [6, 6.07) is 0. The Morgan fingerprint density at radius 1 is 1.38 bits per heavy atom. The molecule has 0 aromatic carbocycles. The van der Waals surface area contributed by atoms with Gasteiger partial charge in [-0.3, -0.25) is 0 Å². The van der Waals surface area contributed by atoms with Crippen molar-refractivity contribution in [3.05, 3.63) is 11.6 Å². The number of aliphatic hydroxyl groups excluding tert-OH is 1. The first-order valence-corrected chi connectivity index (χ1v) is 5.21. The van der Waals surface area contributed by atoms with Crippen LogP contribution in [0.5, 0.6) is 0 Å². The molecule has 0 heterocycles. The zero-order valence-corrected chi connectivity index (χ0v) is 9.72. The van der Waals surface area contributed by atoms with Crippen LogP contribution in [0.15, 0.2) is 11.6 Å². The van der Waals surface area contributed by atoms with E-state index in [1.54, 1.807) is 0 Å². The molecule has 0 aromatic heterocycles. The minimum atomic E-state index is -0.168. The Hall–Kier alpha value is -0.300. The molecule has 0 radical (unpaired) electrons. The fraction of sp³-hybridized carbons (Fsp3) is 0.833. The van der Waals surface area contributed by atoms with E-state index in [0.717, 1.165) is 19.3 Å². The second-order valence-corrected chi connectivity index (χ2v) is 4.73. The summed E-state index contributed by atoms with van der Waals surface area (Å²) in [4.78, 5) is 0. The molecular weight excluding hydrogens is 160 g/mol. The first-order valence-electron chi connectivity index (χ1n) is 5.21. The van der Waals surface area contributed by atoms with Crippen LogP contribution in [0, 0.1) is 5.41 Å². The highest BCUT2D eigenvalue weighted by Gasteiger charge is 2.24. The average Bonchev–Trinajstić information content (AvgIpc) is 2.01. The summed E-state index contributed by atoms with van der Waals surface area (Å²) < 4.78 is 0. The Balaban J connectivity index is 3.96. The third-order valence-corrected chi connectivity index (χ3v) is 2.63. The van der Waals surface area contributed by atoms with Gasteiger partial charge >= 0.3 is 0 Å². The molecule has 0 unspecified atom stereocenters. The van der Waals surface area contributed by atoms with Crippen molar-refractivity contribution in [3.8, 4) is 0 Å². The first-order chi connectivity index (χ1) is 5.90. The average molecular weight is 184 g/mol. The predicted octanol–water partition coefficient (Wildman–Crippen LogP) is 3.53. The van der Waals surface area contributed by atoms with E-state index in [2.05, 4.69) is 33.8 Å². The van der Waals surface area contributed by atoms with Gasteiger partial charge in [0.1, 0.15) is 0 Å². The van der Waals surface area contributed by atoms with Crippen molar-refractivity contribution in [2.75, 3.05) is 0 Å². The molecule has 0 aliphatic rings. The number of rotatable bonds is 5. The van der Waals surface area contributed by atoms with Crippen LogP contribution in [0.4, 0.5) is 0 Å². The second-order valence-electron chi connectivity index (χ2n) is 4.73. The zero-order chi connectivity index (χ0) is 10.5. The molecule has 0 bridgehead atoms. The maximum absolute atomic E-state index is 9.73. The molecule has 0 aliphatic carbocycles. The fourth-order valence-electron chi connectivity index (χ4n) is 1.45. The van der Waals surface area contributed by atoms with Crippen LogP contribution >= 0.6 is 0 Å². The minimum Gasteiger partial charge on any atom is -0.393 e. The summed E-state index contributed by atoms with van der Waals surface area (Å²) in [5.74, 6) is 0.